The lowest BCUT2D eigenvalue weighted by Gasteiger charge is -2.11. The fraction of sp³-hybridized carbons (Fsp3) is 0.353. The van der Waals surface area contributed by atoms with Crippen molar-refractivity contribution in [1.82, 2.24) is 9.78 Å². The second-order valence-corrected chi connectivity index (χ2v) is 5.59. The molecule has 0 spiro atoms. The molecule has 1 aromatic heterocycles. The Hall–Kier alpha value is -2.81. The highest BCUT2D eigenvalue weighted by Gasteiger charge is 2.15. The summed E-state index contributed by atoms with van der Waals surface area (Å²) in [6.07, 6.45) is 1.99. The van der Waals surface area contributed by atoms with E-state index in [1.807, 2.05) is 20.8 Å². The van der Waals surface area contributed by atoms with Gasteiger partial charge < -0.3 is 9.84 Å². The van der Waals surface area contributed by atoms with Gasteiger partial charge in [0.1, 0.15) is 17.4 Å². The molecule has 0 aliphatic rings. The van der Waals surface area contributed by atoms with Gasteiger partial charge in [0.05, 0.1) is 23.6 Å². The van der Waals surface area contributed by atoms with Crippen LogP contribution < -0.4 is 4.74 Å². The van der Waals surface area contributed by atoms with Crippen molar-refractivity contribution in [2.24, 2.45) is 5.92 Å². The molecule has 0 aliphatic carbocycles. The zero-order chi connectivity index (χ0) is 17.0. The van der Waals surface area contributed by atoms with Crippen LogP contribution in [0.25, 0.3) is 5.69 Å². The van der Waals surface area contributed by atoms with Crippen LogP contribution in [-0.4, -0.2) is 27.5 Å². The van der Waals surface area contributed by atoms with Crippen LogP contribution >= 0.6 is 0 Å². The molecule has 1 heterocycles. The summed E-state index contributed by atoms with van der Waals surface area (Å²) < 4.78 is 7.10. The average Bonchev–Trinajstić information content (AvgIpc) is 2.97. The lowest BCUT2D eigenvalue weighted by atomic mass is 10.2. The van der Waals surface area contributed by atoms with Crippen LogP contribution in [0.3, 0.4) is 0 Å². The number of aromatic nitrogens is 2. The van der Waals surface area contributed by atoms with Gasteiger partial charge in [-0.25, -0.2) is 9.48 Å². The van der Waals surface area contributed by atoms with E-state index in [1.165, 1.54) is 10.9 Å². The minimum absolute atomic E-state index is 0.172. The summed E-state index contributed by atoms with van der Waals surface area (Å²) in [4.78, 5) is 11.2. The molecule has 0 aliphatic heterocycles. The van der Waals surface area contributed by atoms with Gasteiger partial charge >= 0.3 is 5.97 Å². The van der Waals surface area contributed by atoms with Gasteiger partial charge in [0.2, 0.25) is 0 Å². The minimum Gasteiger partial charge on any atom is -0.492 e. The Bertz CT molecular complexity index is 757. The Labute approximate surface area is 134 Å². The second-order valence-electron chi connectivity index (χ2n) is 5.59. The largest absolute Gasteiger partial charge is 0.492 e. The van der Waals surface area contributed by atoms with E-state index >= 15 is 0 Å². The van der Waals surface area contributed by atoms with Gasteiger partial charge in [-0.05, 0) is 30.5 Å². The number of hydrogen-bond donors (Lipinski definition) is 1. The number of benzene rings is 1. The molecule has 0 saturated heterocycles. The number of nitriles is 1. The zero-order valence-electron chi connectivity index (χ0n) is 13.4. The van der Waals surface area contributed by atoms with Crippen LogP contribution in [0, 0.1) is 17.2 Å². The predicted octanol–water partition coefficient (Wildman–Crippen LogP) is 3.04. The molecule has 0 atom stereocenters. The van der Waals surface area contributed by atoms with Crippen LogP contribution in [0.4, 0.5) is 0 Å². The number of aromatic carboxylic acids is 1. The Morgan fingerprint density at radius 1 is 1.48 bits per heavy atom. The number of hydrogen-bond acceptors (Lipinski definition) is 4. The summed E-state index contributed by atoms with van der Waals surface area (Å²) >= 11 is 0. The van der Waals surface area contributed by atoms with Crippen molar-refractivity contribution in [2.75, 3.05) is 6.61 Å². The molecule has 0 unspecified atom stereocenters. The fourth-order valence-electron chi connectivity index (χ4n) is 2.11. The first kappa shape index (κ1) is 16.6. The molecule has 1 aromatic carbocycles. The van der Waals surface area contributed by atoms with Crippen LogP contribution in [0.2, 0.25) is 0 Å². The normalized spacial score (nSPS) is 10.6. The van der Waals surface area contributed by atoms with Crippen LogP contribution in [0.15, 0.2) is 24.4 Å². The lowest BCUT2D eigenvalue weighted by molar-refractivity contribution is 0.0695. The molecule has 0 fully saturated rings. The number of carbonyl (C=O) groups is 1. The summed E-state index contributed by atoms with van der Waals surface area (Å²) in [6, 6.07) is 7.22. The highest BCUT2D eigenvalue weighted by atomic mass is 16.5. The quantitative estimate of drug-likeness (QED) is 0.885. The number of nitrogens with zero attached hydrogens (tertiary/aromatic N) is 3. The maximum Gasteiger partial charge on any atom is 0.339 e. The molecule has 0 bridgehead atoms. The highest BCUT2D eigenvalue weighted by Crippen LogP contribution is 2.23. The summed E-state index contributed by atoms with van der Waals surface area (Å²) in [5, 5.41) is 22.8. The van der Waals surface area contributed by atoms with E-state index < -0.39 is 5.97 Å². The first-order valence-corrected chi connectivity index (χ1v) is 7.45. The van der Waals surface area contributed by atoms with Gasteiger partial charge in [-0.2, -0.15) is 10.4 Å². The van der Waals surface area contributed by atoms with E-state index in [9.17, 15) is 15.2 Å². The molecule has 2 aromatic rings. The van der Waals surface area contributed by atoms with Crippen LogP contribution in [0.1, 0.15) is 42.4 Å². The van der Waals surface area contributed by atoms with Crippen molar-refractivity contribution in [1.29, 1.82) is 5.26 Å². The molecule has 23 heavy (non-hydrogen) atoms. The van der Waals surface area contributed by atoms with Crippen molar-refractivity contribution in [3.63, 3.8) is 0 Å². The van der Waals surface area contributed by atoms with E-state index in [0.717, 1.165) is 0 Å². The molecule has 0 radical (unpaired) electrons. The predicted molar refractivity (Wildman–Crippen MR) is 84.9 cm³/mol. The number of ether oxygens (including phenoxy) is 1. The maximum atomic E-state index is 11.2. The smallest absolute Gasteiger partial charge is 0.339 e. The third kappa shape index (κ3) is 3.69. The van der Waals surface area contributed by atoms with Gasteiger partial charge in [-0.1, -0.05) is 20.8 Å². The van der Waals surface area contributed by atoms with Gasteiger partial charge in [-0.15, -0.1) is 0 Å². The standard InChI is InChI=1S/C17H19N3O3/c1-4-15-14(17(21)22)9-20(19-15)13-5-6-16(12(7-13)8-18)23-10-11(2)3/h5-7,9,11H,4,10H2,1-3H3,(H,21,22). The average molecular weight is 313 g/mol. The van der Waals surface area contributed by atoms with E-state index in [0.29, 0.717) is 41.6 Å². The SMILES string of the molecule is CCc1nn(-c2ccc(OCC(C)C)c(C#N)c2)cc1C(=O)O. The Balaban J connectivity index is 2.38. The molecule has 120 valence electrons. The van der Waals surface area contributed by atoms with E-state index in [4.69, 9.17) is 4.74 Å². The van der Waals surface area contributed by atoms with Crippen molar-refractivity contribution in [3.8, 4) is 17.5 Å². The van der Waals surface area contributed by atoms with Crippen LogP contribution in [-0.2, 0) is 6.42 Å². The molecular weight excluding hydrogens is 294 g/mol. The highest BCUT2D eigenvalue weighted by molar-refractivity contribution is 5.88. The van der Waals surface area contributed by atoms with Gasteiger partial charge in [0.25, 0.3) is 0 Å². The third-order valence-electron chi connectivity index (χ3n) is 3.28. The molecule has 1 N–H and O–H groups in total. The number of aryl methyl sites for hydroxylation is 1. The fourth-order valence-corrected chi connectivity index (χ4v) is 2.11. The maximum absolute atomic E-state index is 11.2. The van der Waals surface area contributed by atoms with Gasteiger partial charge in [0, 0.05) is 6.20 Å². The summed E-state index contributed by atoms with van der Waals surface area (Å²) in [5.41, 5.74) is 1.71. The second kappa shape index (κ2) is 6.97. The Morgan fingerprint density at radius 2 is 2.22 bits per heavy atom. The molecular formula is C17H19N3O3. The van der Waals surface area contributed by atoms with Crippen molar-refractivity contribution in [3.05, 3.63) is 41.2 Å². The van der Waals surface area contributed by atoms with Crippen LogP contribution in [0.5, 0.6) is 5.75 Å². The monoisotopic (exact) mass is 313 g/mol. The summed E-state index contributed by atoms with van der Waals surface area (Å²) in [5.74, 6) is -0.130. The molecule has 6 nitrogen and oxygen atoms in total. The van der Waals surface area contributed by atoms with E-state index in [1.54, 1.807) is 18.2 Å². The molecule has 0 saturated carbocycles. The minimum atomic E-state index is -1.01. The van der Waals surface area contributed by atoms with Gasteiger partial charge in [-0.3, -0.25) is 0 Å². The Morgan fingerprint density at radius 3 is 2.74 bits per heavy atom. The van der Waals surface area contributed by atoms with E-state index in [2.05, 4.69) is 11.2 Å². The first-order valence-electron chi connectivity index (χ1n) is 7.45. The molecule has 2 rings (SSSR count). The Kier molecular flexibility index (Phi) is 5.02. The number of carboxylic acids is 1. The molecule has 0 amide bonds. The third-order valence-corrected chi connectivity index (χ3v) is 3.28. The zero-order valence-corrected chi connectivity index (χ0v) is 13.4. The lowest BCUT2D eigenvalue weighted by Crippen LogP contribution is -2.06. The van der Waals surface area contributed by atoms with Crippen molar-refractivity contribution in [2.45, 2.75) is 27.2 Å². The molecule has 6 heteroatoms. The van der Waals surface area contributed by atoms with E-state index in [-0.39, 0.29) is 5.56 Å². The van der Waals surface area contributed by atoms with Crippen molar-refractivity contribution >= 4 is 5.97 Å². The van der Waals surface area contributed by atoms with Crippen molar-refractivity contribution < 1.29 is 14.6 Å². The first-order chi connectivity index (χ1) is 11.0. The summed E-state index contributed by atoms with van der Waals surface area (Å²) in [6.45, 7) is 6.44. The number of carboxylic acid groups (broad SMARTS) is 1. The summed E-state index contributed by atoms with van der Waals surface area (Å²) in [7, 11) is 0. The topological polar surface area (TPSA) is 88.1 Å². The van der Waals surface area contributed by atoms with Gasteiger partial charge in [0.15, 0.2) is 0 Å². The number of rotatable bonds is 6.